The van der Waals surface area contributed by atoms with E-state index in [9.17, 15) is 9.59 Å². The summed E-state index contributed by atoms with van der Waals surface area (Å²) in [6.07, 6.45) is 4.31. The van der Waals surface area contributed by atoms with Gasteiger partial charge >= 0.3 is 5.97 Å². The van der Waals surface area contributed by atoms with E-state index in [-0.39, 0.29) is 24.3 Å². The lowest BCUT2D eigenvalue weighted by atomic mass is 10.1. The zero-order chi connectivity index (χ0) is 11.7. The first-order chi connectivity index (χ1) is 7.59. The standard InChI is InChI=1S/C12H19NO3/c1-7(5-6-10(14)15)13-12(16)11-8-3-2-4-9(8)11/h7-9,11H,2-6H2,1H3,(H,13,16)(H,14,15). The number of carbonyl (C=O) groups excluding carboxylic acids is 1. The molecule has 0 spiro atoms. The van der Waals surface area contributed by atoms with Crippen molar-refractivity contribution in [3.05, 3.63) is 0 Å². The molecule has 0 aromatic heterocycles. The maximum atomic E-state index is 11.8. The summed E-state index contributed by atoms with van der Waals surface area (Å²) in [5.74, 6) is 0.844. The second-order valence-corrected chi connectivity index (χ2v) is 5.13. The molecule has 2 rings (SSSR count). The van der Waals surface area contributed by atoms with Crippen LogP contribution in [0.5, 0.6) is 0 Å². The summed E-state index contributed by atoms with van der Waals surface area (Å²) in [6, 6.07) is -0.0232. The molecule has 0 bridgehead atoms. The van der Waals surface area contributed by atoms with Crippen LogP contribution in [0.15, 0.2) is 0 Å². The number of carboxylic acid groups (broad SMARTS) is 1. The van der Waals surface area contributed by atoms with E-state index < -0.39 is 5.97 Å². The highest BCUT2D eigenvalue weighted by Gasteiger charge is 2.56. The Labute approximate surface area is 95.4 Å². The number of aliphatic carboxylic acids is 1. The third kappa shape index (κ3) is 2.36. The van der Waals surface area contributed by atoms with Gasteiger partial charge in [0.05, 0.1) is 0 Å². The molecule has 2 fully saturated rings. The van der Waals surface area contributed by atoms with Gasteiger partial charge in [-0.1, -0.05) is 6.42 Å². The molecule has 2 aliphatic carbocycles. The number of rotatable bonds is 5. The Balaban J connectivity index is 1.69. The molecular weight excluding hydrogens is 206 g/mol. The maximum Gasteiger partial charge on any atom is 0.303 e. The van der Waals surface area contributed by atoms with Crippen LogP contribution in [0.25, 0.3) is 0 Å². The van der Waals surface area contributed by atoms with Gasteiger partial charge in [0.2, 0.25) is 5.91 Å². The van der Waals surface area contributed by atoms with Crippen LogP contribution in [0.1, 0.15) is 39.0 Å². The molecule has 0 aromatic carbocycles. The van der Waals surface area contributed by atoms with Crippen LogP contribution in [0, 0.1) is 17.8 Å². The Bertz CT molecular complexity index is 293. The smallest absolute Gasteiger partial charge is 0.303 e. The van der Waals surface area contributed by atoms with E-state index in [1.165, 1.54) is 19.3 Å². The molecule has 16 heavy (non-hydrogen) atoms. The van der Waals surface area contributed by atoms with Crippen LogP contribution in [0.3, 0.4) is 0 Å². The number of nitrogens with one attached hydrogen (secondary N) is 1. The van der Waals surface area contributed by atoms with Gasteiger partial charge in [-0.25, -0.2) is 0 Å². The number of carbonyl (C=O) groups is 2. The average Bonchev–Trinajstić information content (AvgIpc) is 2.70. The molecule has 3 atom stereocenters. The van der Waals surface area contributed by atoms with Crippen molar-refractivity contribution in [1.82, 2.24) is 5.32 Å². The molecule has 0 aromatic rings. The molecule has 2 saturated carbocycles. The topological polar surface area (TPSA) is 66.4 Å². The number of amides is 1. The molecule has 4 nitrogen and oxygen atoms in total. The lowest BCUT2D eigenvalue weighted by molar-refractivity contribution is -0.137. The minimum absolute atomic E-state index is 0.0232. The molecule has 1 amide bonds. The number of hydrogen-bond acceptors (Lipinski definition) is 2. The van der Waals surface area contributed by atoms with E-state index in [0.29, 0.717) is 18.3 Å². The summed E-state index contributed by atoms with van der Waals surface area (Å²) in [6.45, 7) is 1.87. The van der Waals surface area contributed by atoms with E-state index in [0.717, 1.165) is 0 Å². The first kappa shape index (κ1) is 11.4. The van der Waals surface area contributed by atoms with Gasteiger partial charge < -0.3 is 10.4 Å². The van der Waals surface area contributed by atoms with Crippen molar-refractivity contribution in [1.29, 1.82) is 0 Å². The van der Waals surface area contributed by atoms with Crippen molar-refractivity contribution in [2.45, 2.75) is 45.1 Å². The van der Waals surface area contributed by atoms with Gasteiger partial charge in [-0.05, 0) is 38.0 Å². The fourth-order valence-corrected chi connectivity index (χ4v) is 2.96. The van der Waals surface area contributed by atoms with Crippen LogP contribution in [0.2, 0.25) is 0 Å². The molecule has 4 heteroatoms. The van der Waals surface area contributed by atoms with Crippen molar-refractivity contribution in [3.63, 3.8) is 0 Å². The van der Waals surface area contributed by atoms with E-state index in [4.69, 9.17) is 5.11 Å². The van der Waals surface area contributed by atoms with Crippen LogP contribution in [-0.2, 0) is 9.59 Å². The third-order valence-corrected chi connectivity index (χ3v) is 3.89. The molecule has 0 saturated heterocycles. The summed E-state index contributed by atoms with van der Waals surface area (Å²) in [7, 11) is 0. The maximum absolute atomic E-state index is 11.8. The van der Waals surface area contributed by atoms with E-state index >= 15 is 0 Å². The summed E-state index contributed by atoms with van der Waals surface area (Å²) in [4.78, 5) is 22.2. The predicted octanol–water partition coefficient (Wildman–Crippen LogP) is 1.40. The fraction of sp³-hybridized carbons (Fsp3) is 0.833. The van der Waals surface area contributed by atoms with Crippen molar-refractivity contribution in [2.24, 2.45) is 17.8 Å². The van der Waals surface area contributed by atoms with Gasteiger partial charge in [-0.3, -0.25) is 9.59 Å². The Kier molecular flexibility index (Phi) is 3.17. The molecular formula is C12H19NO3. The van der Waals surface area contributed by atoms with Crippen LogP contribution in [-0.4, -0.2) is 23.0 Å². The number of hydrogen-bond donors (Lipinski definition) is 2. The zero-order valence-electron chi connectivity index (χ0n) is 9.61. The summed E-state index contributed by atoms with van der Waals surface area (Å²) < 4.78 is 0. The largest absolute Gasteiger partial charge is 0.481 e. The molecule has 3 unspecified atom stereocenters. The normalized spacial score (nSPS) is 32.9. The molecule has 0 aliphatic heterocycles. The summed E-state index contributed by atoms with van der Waals surface area (Å²) >= 11 is 0. The first-order valence-electron chi connectivity index (χ1n) is 6.11. The van der Waals surface area contributed by atoms with Gasteiger partial charge in [0.1, 0.15) is 0 Å². The van der Waals surface area contributed by atoms with Gasteiger partial charge in [-0.15, -0.1) is 0 Å². The van der Waals surface area contributed by atoms with Crippen LogP contribution >= 0.6 is 0 Å². The minimum Gasteiger partial charge on any atom is -0.481 e. The SMILES string of the molecule is CC(CCC(=O)O)NC(=O)C1C2CCCC21. The zero-order valence-corrected chi connectivity index (χ0v) is 9.61. The van der Waals surface area contributed by atoms with Gasteiger partial charge in [0.15, 0.2) is 0 Å². The Morgan fingerprint density at radius 3 is 2.56 bits per heavy atom. The van der Waals surface area contributed by atoms with E-state index in [1.54, 1.807) is 0 Å². The quantitative estimate of drug-likeness (QED) is 0.743. The molecule has 0 heterocycles. The highest BCUT2D eigenvalue weighted by Crippen LogP contribution is 2.57. The van der Waals surface area contributed by atoms with Gasteiger partial charge in [0.25, 0.3) is 0 Å². The van der Waals surface area contributed by atoms with Gasteiger partial charge in [0, 0.05) is 18.4 Å². The fourth-order valence-electron chi connectivity index (χ4n) is 2.96. The van der Waals surface area contributed by atoms with E-state index in [2.05, 4.69) is 5.32 Å². The first-order valence-corrected chi connectivity index (χ1v) is 6.11. The minimum atomic E-state index is -0.801. The van der Waals surface area contributed by atoms with Crippen LogP contribution < -0.4 is 5.32 Å². The third-order valence-electron chi connectivity index (χ3n) is 3.89. The lowest BCUT2D eigenvalue weighted by Gasteiger charge is -2.13. The average molecular weight is 225 g/mol. The Morgan fingerprint density at radius 2 is 2.00 bits per heavy atom. The highest BCUT2D eigenvalue weighted by molar-refractivity contribution is 5.82. The number of carboxylic acids is 1. The summed E-state index contributed by atoms with van der Waals surface area (Å²) in [5, 5.41) is 11.5. The van der Waals surface area contributed by atoms with Crippen molar-refractivity contribution in [3.8, 4) is 0 Å². The molecule has 2 aliphatic rings. The van der Waals surface area contributed by atoms with E-state index in [1.807, 2.05) is 6.92 Å². The van der Waals surface area contributed by atoms with Gasteiger partial charge in [-0.2, -0.15) is 0 Å². The highest BCUT2D eigenvalue weighted by atomic mass is 16.4. The molecule has 0 radical (unpaired) electrons. The van der Waals surface area contributed by atoms with Crippen LogP contribution in [0.4, 0.5) is 0 Å². The van der Waals surface area contributed by atoms with Crippen molar-refractivity contribution in [2.75, 3.05) is 0 Å². The Morgan fingerprint density at radius 1 is 1.38 bits per heavy atom. The molecule has 90 valence electrons. The second kappa shape index (κ2) is 4.44. The second-order valence-electron chi connectivity index (χ2n) is 5.13. The Hall–Kier alpha value is -1.06. The lowest BCUT2D eigenvalue weighted by Crippen LogP contribution is -2.35. The number of fused-ring (bicyclic) bond motifs is 1. The molecule has 2 N–H and O–H groups in total. The van der Waals surface area contributed by atoms with Crippen molar-refractivity contribution < 1.29 is 14.7 Å². The predicted molar refractivity (Wildman–Crippen MR) is 58.8 cm³/mol. The monoisotopic (exact) mass is 225 g/mol. The summed E-state index contributed by atoms with van der Waals surface area (Å²) in [5.41, 5.74) is 0. The van der Waals surface area contributed by atoms with Crippen molar-refractivity contribution >= 4 is 11.9 Å².